The molecular weight excluding hydrogens is 452 g/mol. The number of aldehydes is 1. The number of anilines is 1. The summed E-state index contributed by atoms with van der Waals surface area (Å²) in [6.45, 7) is 2.86. The first-order chi connectivity index (χ1) is 17.1. The third-order valence-corrected chi connectivity index (χ3v) is 6.28. The monoisotopic (exact) mass is 475 g/mol. The number of methoxy groups -OCH3 is 1. The van der Waals surface area contributed by atoms with Gasteiger partial charge in [0.25, 0.3) is 0 Å². The molecule has 178 valence electrons. The highest BCUT2D eigenvalue weighted by Gasteiger charge is 2.22. The van der Waals surface area contributed by atoms with Gasteiger partial charge in [0.05, 0.1) is 37.5 Å². The number of nitrogens with zero attached hydrogens (tertiary/aromatic N) is 3. The van der Waals surface area contributed by atoms with Crippen molar-refractivity contribution in [2.24, 2.45) is 0 Å². The Morgan fingerprint density at radius 1 is 1.00 bits per heavy atom. The van der Waals surface area contributed by atoms with Gasteiger partial charge in [0, 0.05) is 41.4 Å². The van der Waals surface area contributed by atoms with Gasteiger partial charge in [-0.1, -0.05) is 12.1 Å². The van der Waals surface area contributed by atoms with Crippen LogP contribution in [-0.4, -0.2) is 49.7 Å². The van der Waals surface area contributed by atoms with Crippen molar-refractivity contribution in [2.75, 3.05) is 38.3 Å². The van der Waals surface area contributed by atoms with E-state index in [1.54, 1.807) is 24.3 Å². The Morgan fingerprint density at radius 2 is 1.77 bits per heavy atom. The van der Waals surface area contributed by atoms with Crippen molar-refractivity contribution in [3.8, 4) is 17.0 Å². The number of hydrogen-bond donors (Lipinski definition) is 0. The highest BCUT2D eigenvalue weighted by molar-refractivity contribution is 5.94. The predicted molar refractivity (Wildman–Crippen MR) is 129 cm³/mol. The van der Waals surface area contributed by atoms with E-state index in [0.717, 1.165) is 24.8 Å². The van der Waals surface area contributed by atoms with Crippen molar-refractivity contribution < 1.29 is 23.0 Å². The lowest BCUT2D eigenvalue weighted by molar-refractivity contribution is -0.108. The molecule has 0 amide bonds. The molecular formula is C27H23F2N3O3. The fraction of sp³-hybridized carbons (Fsp3) is 0.222. The summed E-state index contributed by atoms with van der Waals surface area (Å²) < 4.78 is 40.5. The van der Waals surface area contributed by atoms with Crippen molar-refractivity contribution in [1.82, 2.24) is 9.97 Å². The van der Waals surface area contributed by atoms with Crippen LogP contribution in [-0.2, 0) is 9.53 Å². The molecule has 1 atom stereocenters. The Labute approximate surface area is 201 Å². The van der Waals surface area contributed by atoms with E-state index >= 15 is 4.39 Å². The molecule has 1 unspecified atom stereocenters. The van der Waals surface area contributed by atoms with Crippen LogP contribution in [0.5, 0.6) is 5.75 Å². The molecule has 0 bridgehead atoms. The molecule has 0 radical (unpaired) electrons. The molecule has 0 spiro atoms. The zero-order chi connectivity index (χ0) is 24.4. The number of ether oxygens (including phenoxy) is 2. The van der Waals surface area contributed by atoms with E-state index in [1.807, 2.05) is 18.2 Å². The summed E-state index contributed by atoms with van der Waals surface area (Å²) in [7, 11) is 1.54. The molecule has 6 nitrogen and oxygen atoms in total. The zero-order valence-corrected chi connectivity index (χ0v) is 19.1. The van der Waals surface area contributed by atoms with Gasteiger partial charge in [-0.15, -0.1) is 0 Å². The number of halogens is 2. The molecule has 4 aromatic rings. The van der Waals surface area contributed by atoms with Crippen molar-refractivity contribution >= 4 is 22.9 Å². The molecule has 0 aliphatic carbocycles. The maximum atomic E-state index is 15.1. The van der Waals surface area contributed by atoms with Crippen molar-refractivity contribution in [2.45, 2.75) is 5.92 Å². The average molecular weight is 475 g/mol. The number of aromatic nitrogens is 2. The third-order valence-electron chi connectivity index (χ3n) is 6.28. The molecule has 8 heteroatoms. The fourth-order valence-corrected chi connectivity index (χ4v) is 4.41. The number of carbonyl (C=O) groups excluding carboxylic acids is 1. The van der Waals surface area contributed by atoms with Crippen molar-refractivity contribution in [3.63, 3.8) is 0 Å². The van der Waals surface area contributed by atoms with Crippen LogP contribution in [0.25, 0.3) is 22.2 Å². The minimum absolute atomic E-state index is 0.0678. The van der Waals surface area contributed by atoms with Gasteiger partial charge in [-0.05, 0) is 42.0 Å². The van der Waals surface area contributed by atoms with Crippen LogP contribution in [0.2, 0.25) is 0 Å². The molecule has 1 saturated heterocycles. The average Bonchev–Trinajstić information content (AvgIpc) is 2.90. The van der Waals surface area contributed by atoms with Crippen LogP contribution >= 0.6 is 0 Å². The van der Waals surface area contributed by atoms with E-state index in [4.69, 9.17) is 9.47 Å². The minimum Gasteiger partial charge on any atom is -0.497 e. The third kappa shape index (κ3) is 4.44. The first-order valence-electron chi connectivity index (χ1n) is 11.2. The summed E-state index contributed by atoms with van der Waals surface area (Å²) in [6, 6.07) is 14.6. The second-order valence-electron chi connectivity index (χ2n) is 8.26. The number of hydrogen-bond acceptors (Lipinski definition) is 6. The van der Waals surface area contributed by atoms with Crippen LogP contribution in [0, 0.1) is 11.6 Å². The maximum absolute atomic E-state index is 15.1. The normalized spacial score (nSPS) is 14.7. The van der Waals surface area contributed by atoms with E-state index in [-0.39, 0.29) is 11.1 Å². The summed E-state index contributed by atoms with van der Waals surface area (Å²) in [5.41, 5.74) is 2.71. The lowest BCUT2D eigenvalue weighted by Gasteiger charge is -2.29. The molecule has 2 heterocycles. The smallest absolute Gasteiger partial charge is 0.135 e. The van der Waals surface area contributed by atoms with Crippen LogP contribution in [0.15, 0.2) is 60.9 Å². The summed E-state index contributed by atoms with van der Waals surface area (Å²) in [5.74, 6) is -1.86. The van der Waals surface area contributed by atoms with Gasteiger partial charge in [0.15, 0.2) is 0 Å². The molecule has 3 aromatic carbocycles. The van der Waals surface area contributed by atoms with E-state index in [2.05, 4.69) is 14.9 Å². The molecule has 1 aromatic heterocycles. The summed E-state index contributed by atoms with van der Waals surface area (Å²) in [4.78, 5) is 22.9. The first-order valence-corrected chi connectivity index (χ1v) is 11.2. The van der Waals surface area contributed by atoms with Gasteiger partial charge in [-0.2, -0.15) is 0 Å². The highest BCUT2D eigenvalue weighted by atomic mass is 19.1. The van der Waals surface area contributed by atoms with Gasteiger partial charge in [0.1, 0.15) is 30.0 Å². The van der Waals surface area contributed by atoms with Crippen molar-refractivity contribution in [3.05, 3.63) is 83.7 Å². The molecule has 0 saturated carbocycles. The number of carbonyl (C=O) groups is 1. The quantitative estimate of drug-likeness (QED) is 0.375. The second-order valence-corrected chi connectivity index (χ2v) is 8.26. The van der Waals surface area contributed by atoms with Gasteiger partial charge in [-0.25, -0.2) is 18.7 Å². The lowest BCUT2D eigenvalue weighted by Crippen LogP contribution is -2.36. The van der Waals surface area contributed by atoms with Crippen LogP contribution in [0.3, 0.4) is 0 Å². The van der Waals surface area contributed by atoms with Crippen LogP contribution in [0.4, 0.5) is 14.5 Å². The molecule has 35 heavy (non-hydrogen) atoms. The standard InChI is InChI=1S/C27H23F2N3O3/c1-34-19-5-2-17(3-6-19)23(15-33)21-13-22(25(29)14-24(21)28)27-20-7-4-18(12-26(20)30-16-31-27)32-8-10-35-11-9-32/h2-7,12-16,23H,8-11H2,1H3. The molecule has 1 aliphatic heterocycles. The van der Waals surface area contributed by atoms with Crippen LogP contribution < -0.4 is 9.64 Å². The predicted octanol–water partition coefficient (Wildman–Crippen LogP) is 4.75. The minimum atomic E-state index is -0.915. The van der Waals surface area contributed by atoms with Gasteiger partial charge < -0.3 is 19.2 Å². The number of rotatable bonds is 6. The summed E-state index contributed by atoms with van der Waals surface area (Å²) >= 11 is 0. The van der Waals surface area contributed by atoms with E-state index < -0.39 is 17.6 Å². The maximum Gasteiger partial charge on any atom is 0.135 e. The van der Waals surface area contributed by atoms with E-state index in [0.29, 0.717) is 47.4 Å². The topological polar surface area (TPSA) is 64.5 Å². The molecule has 0 N–H and O–H groups in total. The SMILES string of the molecule is COc1ccc(C(C=O)c2cc(-c3ncnc4cc(N5CCOCC5)ccc34)c(F)cc2F)cc1. The number of benzene rings is 3. The summed E-state index contributed by atoms with van der Waals surface area (Å²) in [5, 5.41) is 0.632. The largest absolute Gasteiger partial charge is 0.497 e. The number of fused-ring (bicyclic) bond motifs is 1. The molecule has 1 fully saturated rings. The van der Waals surface area contributed by atoms with Gasteiger partial charge >= 0.3 is 0 Å². The van der Waals surface area contributed by atoms with Crippen LogP contribution in [0.1, 0.15) is 17.0 Å². The van der Waals surface area contributed by atoms with Gasteiger partial charge in [-0.3, -0.25) is 0 Å². The molecule has 5 rings (SSSR count). The Bertz CT molecular complexity index is 1370. The summed E-state index contributed by atoms with van der Waals surface area (Å²) in [6.07, 6.45) is 2.01. The Kier molecular flexibility index (Phi) is 6.37. The first kappa shape index (κ1) is 22.9. The zero-order valence-electron chi connectivity index (χ0n) is 19.1. The van der Waals surface area contributed by atoms with E-state index in [9.17, 15) is 9.18 Å². The molecule has 1 aliphatic rings. The van der Waals surface area contributed by atoms with Crippen molar-refractivity contribution in [1.29, 1.82) is 0 Å². The Morgan fingerprint density at radius 3 is 2.49 bits per heavy atom. The van der Waals surface area contributed by atoms with Gasteiger partial charge in [0.2, 0.25) is 0 Å². The van der Waals surface area contributed by atoms with E-state index in [1.165, 1.54) is 19.5 Å². The Hall–Kier alpha value is -3.91. The number of morpholine rings is 1. The lowest BCUT2D eigenvalue weighted by atomic mass is 9.90. The Balaban J connectivity index is 1.58. The fourth-order valence-electron chi connectivity index (χ4n) is 4.41. The second kappa shape index (κ2) is 9.76. The highest BCUT2D eigenvalue weighted by Crippen LogP contribution is 2.35.